The van der Waals surface area contributed by atoms with E-state index in [4.69, 9.17) is 9.72 Å². The van der Waals surface area contributed by atoms with Gasteiger partial charge in [-0.15, -0.1) is 0 Å². The molecule has 0 aliphatic carbocycles. The van der Waals surface area contributed by atoms with Crippen molar-refractivity contribution < 1.29 is 13.9 Å². The Morgan fingerprint density at radius 1 is 1.05 bits per heavy atom. The number of rotatable bonds is 11. The van der Waals surface area contributed by atoms with Crippen molar-refractivity contribution in [1.82, 2.24) is 20.3 Å². The van der Waals surface area contributed by atoms with Gasteiger partial charge in [0.25, 0.3) is 5.91 Å². The lowest BCUT2D eigenvalue weighted by molar-refractivity contribution is 0.0344. The topological polar surface area (TPSA) is 86.7 Å². The zero-order valence-corrected chi connectivity index (χ0v) is 24.2. The molecule has 0 fully saturated rings. The number of pyridine rings is 1. The van der Waals surface area contributed by atoms with Gasteiger partial charge in [-0.1, -0.05) is 42.5 Å². The minimum absolute atomic E-state index is 0.0361. The second kappa shape index (κ2) is 13.5. The zero-order valence-electron chi connectivity index (χ0n) is 24.2. The molecule has 2 aromatic heterocycles. The van der Waals surface area contributed by atoms with Crippen LogP contribution in [0.1, 0.15) is 39.7 Å². The minimum Gasteiger partial charge on any atom is -0.369 e. The number of carbonyl (C=O) groups excluding carboxylic acids is 1. The SMILES string of the molecule is CNCCC(OCc1cccc(N2CCN(C)c3nc(N(C)Cc4ccc(F)cn4)ncc3C2=O)c1)c1ccccc1. The number of ether oxygens (including phenoxy) is 1. The highest BCUT2D eigenvalue weighted by Gasteiger charge is 2.28. The number of hydrogen-bond donors (Lipinski definition) is 1. The second-order valence-electron chi connectivity index (χ2n) is 10.4. The van der Waals surface area contributed by atoms with Crippen LogP contribution in [0.5, 0.6) is 0 Å². The van der Waals surface area contributed by atoms with E-state index in [0.717, 1.165) is 29.8 Å². The van der Waals surface area contributed by atoms with Gasteiger partial charge >= 0.3 is 0 Å². The van der Waals surface area contributed by atoms with Gasteiger partial charge in [-0.2, -0.15) is 4.98 Å². The molecule has 218 valence electrons. The first-order chi connectivity index (χ1) is 20.4. The number of amides is 1. The summed E-state index contributed by atoms with van der Waals surface area (Å²) in [7, 11) is 5.70. The number of halogens is 1. The Labute approximate surface area is 246 Å². The summed E-state index contributed by atoms with van der Waals surface area (Å²) in [5.74, 6) is 0.490. The first-order valence-electron chi connectivity index (χ1n) is 14.0. The molecule has 1 atom stereocenters. The van der Waals surface area contributed by atoms with E-state index >= 15 is 0 Å². The van der Waals surface area contributed by atoms with Crippen LogP contribution >= 0.6 is 0 Å². The van der Waals surface area contributed by atoms with Gasteiger partial charge < -0.3 is 24.8 Å². The number of hydrogen-bond acceptors (Lipinski definition) is 8. The van der Waals surface area contributed by atoms with Gasteiger partial charge in [0.2, 0.25) is 5.95 Å². The molecule has 1 aliphatic heterocycles. The Morgan fingerprint density at radius 2 is 1.88 bits per heavy atom. The van der Waals surface area contributed by atoms with Gasteiger partial charge in [-0.3, -0.25) is 9.78 Å². The first-order valence-corrected chi connectivity index (χ1v) is 14.0. The lowest BCUT2D eigenvalue weighted by atomic mass is 10.1. The monoisotopic (exact) mass is 569 g/mol. The Morgan fingerprint density at radius 3 is 2.64 bits per heavy atom. The fraction of sp³-hybridized carbons (Fsp3) is 0.312. The third-order valence-corrected chi connectivity index (χ3v) is 7.28. The van der Waals surface area contributed by atoms with Crippen molar-refractivity contribution in [2.24, 2.45) is 0 Å². The maximum absolute atomic E-state index is 13.8. The van der Waals surface area contributed by atoms with Gasteiger partial charge in [0, 0.05) is 39.1 Å². The Balaban J connectivity index is 1.32. The van der Waals surface area contributed by atoms with E-state index in [1.54, 1.807) is 17.2 Å². The minimum atomic E-state index is -0.383. The van der Waals surface area contributed by atoms with Crippen molar-refractivity contribution in [1.29, 1.82) is 0 Å². The molecule has 1 aliphatic rings. The fourth-order valence-corrected chi connectivity index (χ4v) is 4.95. The molecule has 9 nitrogen and oxygen atoms in total. The van der Waals surface area contributed by atoms with E-state index < -0.39 is 0 Å². The average molecular weight is 570 g/mol. The van der Waals surface area contributed by atoms with Crippen LogP contribution in [0, 0.1) is 5.82 Å². The van der Waals surface area contributed by atoms with Crippen LogP contribution < -0.4 is 20.0 Å². The molecule has 10 heteroatoms. The number of aromatic nitrogens is 3. The molecule has 0 bridgehead atoms. The quantitative estimate of drug-likeness (QED) is 0.280. The van der Waals surface area contributed by atoms with Crippen molar-refractivity contribution in [2.45, 2.75) is 25.7 Å². The second-order valence-corrected chi connectivity index (χ2v) is 10.4. The highest BCUT2D eigenvalue weighted by Crippen LogP contribution is 2.29. The molecule has 0 radical (unpaired) electrons. The summed E-state index contributed by atoms with van der Waals surface area (Å²) < 4.78 is 19.6. The molecule has 0 spiro atoms. The van der Waals surface area contributed by atoms with Gasteiger partial charge in [0.15, 0.2) is 0 Å². The number of benzene rings is 2. The van der Waals surface area contributed by atoms with Crippen molar-refractivity contribution in [3.63, 3.8) is 0 Å². The van der Waals surface area contributed by atoms with E-state index in [9.17, 15) is 9.18 Å². The number of nitrogens with zero attached hydrogens (tertiary/aromatic N) is 6. The predicted octanol–water partition coefficient (Wildman–Crippen LogP) is 4.61. The van der Waals surface area contributed by atoms with Crippen LogP contribution in [0.15, 0.2) is 79.1 Å². The average Bonchev–Trinajstić information content (AvgIpc) is 3.14. The third kappa shape index (κ3) is 6.89. The van der Waals surface area contributed by atoms with Gasteiger partial charge in [-0.25, -0.2) is 9.37 Å². The number of nitrogens with one attached hydrogen (secondary N) is 1. The molecular formula is C32H36FN7O2. The van der Waals surface area contributed by atoms with Crippen LogP contribution in [0.2, 0.25) is 0 Å². The zero-order chi connectivity index (χ0) is 29.5. The van der Waals surface area contributed by atoms with Crippen LogP contribution in [0.3, 0.4) is 0 Å². The summed E-state index contributed by atoms with van der Waals surface area (Å²) in [5.41, 5.74) is 4.06. The lowest BCUT2D eigenvalue weighted by Crippen LogP contribution is -2.33. The summed E-state index contributed by atoms with van der Waals surface area (Å²) >= 11 is 0. The van der Waals surface area contributed by atoms with Gasteiger partial charge in [0.1, 0.15) is 17.2 Å². The van der Waals surface area contributed by atoms with Crippen molar-refractivity contribution in [3.05, 3.63) is 107 Å². The van der Waals surface area contributed by atoms with E-state index in [0.29, 0.717) is 49.3 Å². The van der Waals surface area contributed by atoms with E-state index in [-0.39, 0.29) is 17.8 Å². The normalized spacial score (nSPS) is 14.0. The van der Waals surface area contributed by atoms with Crippen molar-refractivity contribution >= 4 is 23.4 Å². The van der Waals surface area contributed by atoms with E-state index in [1.807, 2.05) is 73.4 Å². The molecule has 1 amide bonds. The largest absolute Gasteiger partial charge is 0.369 e. The van der Waals surface area contributed by atoms with Gasteiger partial charge in [-0.05, 0) is 55.4 Å². The van der Waals surface area contributed by atoms with Crippen LogP contribution in [-0.4, -0.2) is 61.6 Å². The van der Waals surface area contributed by atoms with Crippen LogP contribution in [-0.2, 0) is 17.9 Å². The summed E-state index contributed by atoms with van der Waals surface area (Å²) in [6, 6.07) is 21.2. The molecule has 2 aromatic carbocycles. The summed E-state index contributed by atoms with van der Waals surface area (Å²) in [6.45, 7) is 2.77. The highest BCUT2D eigenvalue weighted by molar-refractivity contribution is 6.09. The molecule has 1 N–H and O–H groups in total. The standard InChI is InChI=1S/C32H36FN7O2/c1-34-15-14-29(24-9-5-4-6-10-24)42-22-23-8-7-11-27(18-23)40-17-16-38(2)30-28(31(40)41)20-36-32(37-30)39(3)21-26-13-12-25(33)19-35-26/h4-13,18-20,29,34H,14-17,21-22H2,1-3H3. The molecule has 42 heavy (non-hydrogen) atoms. The first kappa shape index (κ1) is 29.1. The lowest BCUT2D eigenvalue weighted by Gasteiger charge is -2.22. The molecular weight excluding hydrogens is 533 g/mol. The Bertz CT molecular complexity index is 1490. The van der Waals surface area contributed by atoms with Crippen LogP contribution in [0.4, 0.5) is 21.8 Å². The molecule has 0 saturated heterocycles. The molecule has 3 heterocycles. The third-order valence-electron chi connectivity index (χ3n) is 7.28. The fourth-order valence-electron chi connectivity index (χ4n) is 4.95. The number of anilines is 3. The molecule has 0 saturated carbocycles. The number of carbonyl (C=O) groups is 1. The summed E-state index contributed by atoms with van der Waals surface area (Å²) in [5, 5.41) is 3.21. The Hall–Kier alpha value is -4.41. The summed E-state index contributed by atoms with van der Waals surface area (Å²) in [6.07, 6.45) is 3.59. The van der Waals surface area contributed by atoms with E-state index in [1.165, 1.54) is 12.3 Å². The maximum atomic E-state index is 13.8. The summed E-state index contributed by atoms with van der Waals surface area (Å²) in [4.78, 5) is 32.7. The van der Waals surface area contributed by atoms with Crippen molar-refractivity contribution in [2.75, 3.05) is 55.5 Å². The highest BCUT2D eigenvalue weighted by atomic mass is 19.1. The number of likely N-dealkylation sites (N-methyl/N-ethyl adjacent to an activating group) is 1. The van der Waals surface area contributed by atoms with Crippen LogP contribution in [0.25, 0.3) is 0 Å². The molecule has 1 unspecified atom stereocenters. The van der Waals surface area contributed by atoms with Gasteiger partial charge in [0.05, 0.1) is 31.1 Å². The molecule has 4 aromatic rings. The molecule has 5 rings (SSSR count). The maximum Gasteiger partial charge on any atom is 0.263 e. The van der Waals surface area contributed by atoms with Crippen molar-refractivity contribution in [3.8, 4) is 0 Å². The van der Waals surface area contributed by atoms with E-state index in [2.05, 4.69) is 27.4 Å². The number of fused-ring (bicyclic) bond motifs is 1. The predicted molar refractivity (Wildman–Crippen MR) is 162 cm³/mol. The Kier molecular flexibility index (Phi) is 9.35. The smallest absolute Gasteiger partial charge is 0.263 e.